The third-order valence-corrected chi connectivity index (χ3v) is 2.10. The molecule has 0 aliphatic rings. The van der Waals surface area contributed by atoms with Crippen molar-refractivity contribution in [2.75, 3.05) is 26.4 Å². The molecule has 0 aliphatic heterocycles. The zero-order chi connectivity index (χ0) is 15.4. The van der Waals surface area contributed by atoms with E-state index in [-0.39, 0.29) is 26.2 Å². The van der Waals surface area contributed by atoms with Gasteiger partial charge in [0.1, 0.15) is 0 Å². The van der Waals surface area contributed by atoms with Gasteiger partial charge in [0.15, 0.2) is 0 Å². The van der Waals surface area contributed by atoms with Gasteiger partial charge in [-0.25, -0.2) is 9.59 Å². The van der Waals surface area contributed by atoms with E-state index >= 15 is 0 Å². The van der Waals surface area contributed by atoms with Crippen molar-refractivity contribution in [3.63, 3.8) is 0 Å². The normalized spacial score (nSPS) is 11.8. The van der Waals surface area contributed by atoms with Crippen molar-refractivity contribution < 1.29 is 38.8 Å². The van der Waals surface area contributed by atoms with E-state index in [1.54, 1.807) is 0 Å². The molecule has 2 N–H and O–H groups in total. The summed E-state index contributed by atoms with van der Waals surface area (Å²) in [4.78, 5) is 34.2. The van der Waals surface area contributed by atoms with Crippen LogP contribution in [0.3, 0.4) is 0 Å². The van der Waals surface area contributed by atoms with Gasteiger partial charge in [-0.3, -0.25) is 4.79 Å². The van der Waals surface area contributed by atoms with Gasteiger partial charge in [0.05, 0.1) is 19.8 Å². The van der Waals surface area contributed by atoms with E-state index in [9.17, 15) is 14.4 Å². The first-order chi connectivity index (χ1) is 9.56. The smallest absolute Gasteiger partial charge is 0.354 e. The number of hydrogen-bond acceptors (Lipinski definition) is 8. The lowest BCUT2D eigenvalue weighted by atomic mass is 10.3. The van der Waals surface area contributed by atoms with E-state index in [4.69, 9.17) is 19.7 Å². The molecule has 0 saturated heterocycles. The summed E-state index contributed by atoms with van der Waals surface area (Å²) in [6.45, 7) is 0.796. The standard InChI is InChI=1S/C12H20O8/c1-2-9(15)20-12(17)10(18-8-6-14)11(16)19-7-4-3-5-13/h10,13-14H,2-8H2,1H3. The van der Waals surface area contributed by atoms with Crippen LogP contribution in [-0.4, -0.2) is 60.7 Å². The fraction of sp³-hybridized carbons (Fsp3) is 0.750. The quantitative estimate of drug-likeness (QED) is 0.304. The Hall–Kier alpha value is -1.51. The summed E-state index contributed by atoms with van der Waals surface area (Å²) in [5.41, 5.74) is 0. The number of carbonyl (C=O) groups is 3. The Balaban J connectivity index is 4.40. The number of hydrogen-bond donors (Lipinski definition) is 2. The molecular weight excluding hydrogens is 272 g/mol. The number of carbonyl (C=O) groups excluding carboxylic acids is 3. The number of rotatable bonds is 10. The summed E-state index contributed by atoms with van der Waals surface area (Å²) in [6.07, 6.45) is -0.845. The third-order valence-electron chi connectivity index (χ3n) is 2.10. The zero-order valence-corrected chi connectivity index (χ0v) is 11.4. The van der Waals surface area contributed by atoms with Crippen LogP contribution in [0, 0.1) is 0 Å². The Kier molecular flexibility index (Phi) is 10.5. The van der Waals surface area contributed by atoms with E-state index in [0.717, 1.165) is 0 Å². The second-order valence-electron chi connectivity index (χ2n) is 3.72. The van der Waals surface area contributed by atoms with Crippen LogP contribution in [0.2, 0.25) is 0 Å². The lowest BCUT2D eigenvalue weighted by molar-refractivity contribution is -0.177. The van der Waals surface area contributed by atoms with Gasteiger partial charge in [-0.2, -0.15) is 0 Å². The van der Waals surface area contributed by atoms with Gasteiger partial charge in [0.2, 0.25) is 0 Å². The molecule has 0 radical (unpaired) electrons. The lowest BCUT2D eigenvalue weighted by Crippen LogP contribution is -2.38. The Morgan fingerprint density at radius 3 is 2.25 bits per heavy atom. The van der Waals surface area contributed by atoms with Crippen molar-refractivity contribution in [3.05, 3.63) is 0 Å². The van der Waals surface area contributed by atoms with Crippen molar-refractivity contribution in [1.82, 2.24) is 0 Å². The minimum absolute atomic E-state index is 0.00732. The molecule has 1 atom stereocenters. The minimum Gasteiger partial charge on any atom is -0.463 e. The van der Waals surface area contributed by atoms with Crippen LogP contribution >= 0.6 is 0 Å². The van der Waals surface area contributed by atoms with Crippen LogP contribution in [0.15, 0.2) is 0 Å². The summed E-state index contributed by atoms with van der Waals surface area (Å²) in [5.74, 6) is -2.96. The minimum atomic E-state index is -1.70. The van der Waals surface area contributed by atoms with Crippen LogP contribution in [0.4, 0.5) is 0 Å². The average Bonchev–Trinajstić information content (AvgIpc) is 2.43. The van der Waals surface area contributed by atoms with Gasteiger partial charge in [-0.05, 0) is 12.8 Å². The Morgan fingerprint density at radius 2 is 1.70 bits per heavy atom. The summed E-state index contributed by atoms with van der Waals surface area (Å²) in [6, 6.07) is 0. The topological polar surface area (TPSA) is 119 Å². The molecule has 0 aromatic rings. The lowest BCUT2D eigenvalue weighted by Gasteiger charge is -2.14. The monoisotopic (exact) mass is 292 g/mol. The van der Waals surface area contributed by atoms with Crippen molar-refractivity contribution >= 4 is 17.9 Å². The highest BCUT2D eigenvalue weighted by Crippen LogP contribution is 2.02. The summed E-state index contributed by atoms with van der Waals surface area (Å²) in [7, 11) is 0. The molecule has 0 aromatic heterocycles. The fourth-order valence-electron chi connectivity index (χ4n) is 1.10. The van der Waals surface area contributed by atoms with Crippen molar-refractivity contribution in [2.24, 2.45) is 0 Å². The van der Waals surface area contributed by atoms with E-state index in [2.05, 4.69) is 4.74 Å². The number of aliphatic hydroxyl groups is 2. The predicted molar refractivity (Wildman–Crippen MR) is 65.5 cm³/mol. The molecule has 0 aromatic carbocycles. The first-order valence-electron chi connectivity index (χ1n) is 6.31. The maximum Gasteiger partial charge on any atom is 0.354 e. The molecule has 116 valence electrons. The first kappa shape index (κ1) is 18.5. The molecule has 0 saturated carbocycles. The maximum atomic E-state index is 11.6. The van der Waals surface area contributed by atoms with Crippen LogP contribution in [0.1, 0.15) is 26.2 Å². The van der Waals surface area contributed by atoms with E-state index in [1.807, 2.05) is 0 Å². The molecule has 0 fully saturated rings. The Bertz CT molecular complexity index is 315. The molecule has 8 nitrogen and oxygen atoms in total. The predicted octanol–water partition coefficient (Wildman–Crippen LogP) is -0.841. The Labute approximate surface area is 116 Å². The van der Waals surface area contributed by atoms with Crippen LogP contribution in [-0.2, 0) is 28.6 Å². The number of ether oxygens (including phenoxy) is 3. The number of unbranched alkanes of at least 4 members (excludes halogenated alkanes) is 1. The van der Waals surface area contributed by atoms with Gasteiger partial charge in [-0.15, -0.1) is 0 Å². The van der Waals surface area contributed by atoms with Crippen LogP contribution in [0.5, 0.6) is 0 Å². The van der Waals surface area contributed by atoms with E-state index < -0.39 is 30.6 Å². The van der Waals surface area contributed by atoms with Crippen LogP contribution in [0.25, 0.3) is 0 Å². The molecule has 0 amide bonds. The SMILES string of the molecule is CCC(=O)OC(=O)C(OCCO)C(=O)OCCCCO. The highest BCUT2D eigenvalue weighted by Gasteiger charge is 2.32. The molecular formula is C12H20O8. The Morgan fingerprint density at radius 1 is 1.00 bits per heavy atom. The molecule has 20 heavy (non-hydrogen) atoms. The van der Waals surface area contributed by atoms with Crippen molar-refractivity contribution in [3.8, 4) is 0 Å². The van der Waals surface area contributed by atoms with E-state index in [1.165, 1.54) is 6.92 Å². The highest BCUT2D eigenvalue weighted by molar-refractivity contribution is 6.01. The molecule has 0 bridgehead atoms. The second kappa shape index (κ2) is 11.3. The first-order valence-corrected chi connectivity index (χ1v) is 6.31. The van der Waals surface area contributed by atoms with Crippen molar-refractivity contribution in [2.45, 2.75) is 32.3 Å². The van der Waals surface area contributed by atoms with Gasteiger partial charge in [-0.1, -0.05) is 6.92 Å². The molecule has 0 spiro atoms. The van der Waals surface area contributed by atoms with Crippen LogP contribution < -0.4 is 0 Å². The van der Waals surface area contributed by atoms with Gasteiger partial charge >= 0.3 is 17.9 Å². The summed E-state index contributed by atoms with van der Waals surface area (Å²) in [5, 5.41) is 17.2. The van der Waals surface area contributed by atoms with Crippen molar-refractivity contribution in [1.29, 1.82) is 0 Å². The molecule has 0 heterocycles. The third kappa shape index (κ3) is 7.82. The number of esters is 3. The summed E-state index contributed by atoms with van der Waals surface area (Å²) >= 11 is 0. The zero-order valence-electron chi connectivity index (χ0n) is 11.4. The molecule has 0 rings (SSSR count). The van der Waals surface area contributed by atoms with Gasteiger partial charge < -0.3 is 24.4 Å². The van der Waals surface area contributed by atoms with E-state index in [0.29, 0.717) is 12.8 Å². The van der Waals surface area contributed by atoms with Gasteiger partial charge in [0, 0.05) is 13.0 Å². The largest absolute Gasteiger partial charge is 0.463 e. The number of aliphatic hydroxyl groups excluding tert-OH is 2. The highest BCUT2D eigenvalue weighted by atomic mass is 16.6. The molecule has 1 unspecified atom stereocenters. The summed E-state index contributed by atoms with van der Waals surface area (Å²) < 4.78 is 14.0. The average molecular weight is 292 g/mol. The van der Waals surface area contributed by atoms with Gasteiger partial charge in [0.25, 0.3) is 6.10 Å². The maximum absolute atomic E-state index is 11.6. The molecule has 8 heteroatoms. The second-order valence-corrected chi connectivity index (χ2v) is 3.72. The molecule has 0 aliphatic carbocycles. The fourth-order valence-corrected chi connectivity index (χ4v) is 1.10.